The fourth-order valence-corrected chi connectivity index (χ4v) is 4.75. The number of sulfonamides is 1. The zero-order chi connectivity index (χ0) is 16.5. The Balaban J connectivity index is 2.25. The molecule has 1 aromatic heterocycles. The Morgan fingerprint density at radius 3 is 2.68 bits per heavy atom. The number of hydrogen-bond acceptors (Lipinski definition) is 5. The second kappa shape index (κ2) is 6.36. The van der Waals surface area contributed by atoms with E-state index in [1.54, 1.807) is 0 Å². The summed E-state index contributed by atoms with van der Waals surface area (Å²) in [6.45, 7) is 4.09. The number of carbonyl (C=O) groups excluding carboxylic acids is 1. The molecule has 8 heteroatoms. The minimum Gasteiger partial charge on any atom is -0.315 e. The lowest BCUT2D eigenvalue weighted by Crippen LogP contribution is -2.49. The summed E-state index contributed by atoms with van der Waals surface area (Å²) in [6.07, 6.45) is 3.21. The molecule has 0 spiro atoms. The molecule has 0 aliphatic carbocycles. The number of carbonyl (C=O) groups is 1. The van der Waals surface area contributed by atoms with Crippen molar-refractivity contribution in [3.8, 4) is 6.07 Å². The van der Waals surface area contributed by atoms with Gasteiger partial charge in [0.1, 0.15) is 17.1 Å². The number of aryl methyl sites for hydroxylation is 1. The zero-order valence-corrected chi connectivity index (χ0v) is 14.5. The maximum absolute atomic E-state index is 12.5. The van der Waals surface area contributed by atoms with Crippen LogP contribution >= 0.6 is 11.3 Å². The molecule has 0 saturated carbocycles. The largest absolute Gasteiger partial charge is 0.315 e. The van der Waals surface area contributed by atoms with Gasteiger partial charge in [0.15, 0.2) is 0 Å². The molecule has 1 aliphatic rings. The standard InChI is InChI=1S/C14H19N3O3S2/c1-9-10(2)21-14(11(9)8-15)16-13(18)12-6-4-5-7-17(12)22(3,19)20/h12H,4-7H2,1-3H3,(H,16,18)/t12-/m0/s1. The molecule has 120 valence electrons. The molecule has 1 atom stereocenters. The molecule has 0 radical (unpaired) electrons. The second-order valence-electron chi connectivity index (χ2n) is 5.47. The maximum Gasteiger partial charge on any atom is 0.243 e. The molecule has 0 unspecified atom stereocenters. The summed E-state index contributed by atoms with van der Waals surface area (Å²) in [5.74, 6) is -0.358. The third-order valence-corrected chi connectivity index (χ3v) is 6.33. The minimum absolute atomic E-state index is 0.358. The van der Waals surface area contributed by atoms with E-state index in [9.17, 15) is 18.5 Å². The first kappa shape index (κ1) is 16.9. The number of piperidine rings is 1. The molecule has 1 saturated heterocycles. The maximum atomic E-state index is 12.5. The Hall–Kier alpha value is -1.43. The smallest absolute Gasteiger partial charge is 0.243 e. The van der Waals surface area contributed by atoms with Gasteiger partial charge in [-0.05, 0) is 32.3 Å². The summed E-state index contributed by atoms with van der Waals surface area (Å²) in [5.41, 5.74) is 1.31. The minimum atomic E-state index is -3.42. The highest BCUT2D eigenvalue weighted by molar-refractivity contribution is 7.88. The van der Waals surface area contributed by atoms with Crippen LogP contribution in [0.4, 0.5) is 5.00 Å². The molecule has 0 bridgehead atoms. The third-order valence-electron chi connectivity index (χ3n) is 3.92. The number of amides is 1. The van der Waals surface area contributed by atoms with Gasteiger partial charge < -0.3 is 5.32 Å². The number of nitrogens with one attached hydrogen (secondary N) is 1. The van der Waals surface area contributed by atoms with E-state index in [-0.39, 0.29) is 5.91 Å². The van der Waals surface area contributed by atoms with Crippen LogP contribution in [0.1, 0.15) is 35.3 Å². The summed E-state index contributed by atoms with van der Waals surface area (Å²) < 4.78 is 24.9. The van der Waals surface area contributed by atoms with Crippen LogP contribution in [0.2, 0.25) is 0 Å². The molecule has 1 aromatic rings. The number of hydrogen-bond donors (Lipinski definition) is 1. The van der Waals surface area contributed by atoms with E-state index in [4.69, 9.17) is 0 Å². The van der Waals surface area contributed by atoms with Crippen molar-refractivity contribution in [3.05, 3.63) is 16.0 Å². The van der Waals surface area contributed by atoms with Gasteiger partial charge in [-0.1, -0.05) is 6.42 Å². The van der Waals surface area contributed by atoms with Crippen molar-refractivity contribution in [2.24, 2.45) is 0 Å². The molecule has 1 amide bonds. The van der Waals surface area contributed by atoms with Crippen LogP contribution < -0.4 is 5.32 Å². The van der Waals surface area contributed by atoms with Gasteiger partial charge >= 0.3 is 0 Å². The van der Waals surface area contributed by atoms with Gasteiger partial charge in [0.25, 0.3) is 0 Å². The highest BCUT2D eigenvalue weighted by atomic mass is 32.2. The van der Waals surface area contributed by atoms with E-state index >= 15 is 0 Å². The Morgan fingerprint density at radius 1 is 1.41 bits per heavy atom. The van der Waals surface area contributed by atoms with Gasteiger partial charge in [-0.15, -0.1) is 11.3 Å². The summed E-state index contributed by atoms with van der Waals surface area (Å²) in [6, 6.07) is 1.40. The Bertz CT molecular complexity index is 731. The molecule has 1 fully saturated rings. The van der Waals surface area contributed by atoms with Gasteiger partial charge in [-0.2, -0.15) is 9.57 Å². The van der Waals surface area contributed by atoms with E-state index in [2.05, 4.69) is 11.4 Å². The fourth-order valence-electron chi connectivity index (χ4n) is 2.61. The summed E-state index contributed by atoms with van der Waals surface area (Å²) >= 11 is 1.34. The van der Waals surface area contributed by atoms with E-state index in [0.717, 1.165) is 29.5 Å². The van der Waals surface area contributed by atoms with Crippen molar-refractivity contribution in [1.82, 2.24) is 4.31 Å². The lowest BCUT2D eigenvalue weighted by Gasteiger charge is -2.32. The van der Waals surface area contributed by atoms with Crippen LogP contribution in [-0.2, 0) is 14.8 Å². The summed E-state index contributed by atoms with van der Waals surface area (Å²) in [7, 11) is -3.42. The Labute approximate surface area is 134 Å². The lowest BCUT2D eigenvalue weighted by molar-refractivity contribution is -0.120. The molecule has 2 rings (SSSR count). The van der Waals surface area contributed by atoms with Crippen molar-refractivity contribution >= 4 is 32.3 Å². The fraction of sp³-hybridized carbons (Fsp3) is 0.571. The van der Waals surface area contributed by atoms with Crippen molar-refractivity contribution in [1.29, 1.82) is 5.26 Å². The van der Waals surface area contributed by atoms with E-state index in [0.29, 0.717) is 23.5 Å². The van der Waals surface area contributed by atoms with Crippen LogP contribution in [0.5, 0.6) is 0 Å². The molecular weight excluding hydrogens is 322 g/mol. The molecule has 1 aliphatic heterocycles. The first-order valence-electron chi connectivity index (χ1n) is 7.03. The zero-order valence-electron chi connectivity index (χ0n) is 12.8. The van der Waals surface area contributed by atoms with Crippen LogP contribution in [0.3, 0.4) is 0 Å². The summed E-state index contributed by atoms with van der Waals surface area (Å²) in [4.78, 5) is 13.5. The molecular formula is C14H19N3O3S2. The van der Waals surface area contributed by atoms with Crippen LogP contribution in [-0.4, -0.2) is 37.5 Å². The second-order valence-corrected chi connectivity index (χ2v) is 8.63. The van der Waals surface area contributed by atoms with Gasteiger partial charge in [0.2, 0.25) is 15.9 Å². The topological polar surface area (TPSA) is 90.3 Å². The van der Waals surface area contributed by atoms with E-state index in [1.165, 1.54) is 15.6 Å². The van der Waals surface area contributed by atoms with Crippen molar-refractivity contribution in [2.45, 2.75) is 39.2 Å². The van der Waals surface area contributed by atoms with Gasteiger partial charge in [-0.3, -0.25) is 4.79 Å². The quantitative estimate of drug-likeness (QED) is 0.910. The van der Waals surface area contributed by atoms with Crippen LogP contribution in [0.15, 0.2) is 0 Å². The number of nitriles is 1. The third kappa shape index (κ3) is 3.32. The Morgan fingerprint density at radius 2 is 2.09 bits per heavy atom. The van der Waals surface area contributed by atoms with Crippen molar-refractivity contribution in [3.63, 3.8) is 0 Å². The predicted molar refractivity (Wildman–Crippen MR) is 86.3 cm³/mol. The first-order chi connectivity index (χ1) is 10.3. The number of anilines is 1. The van der Waals surface area contributed by atoms with Crippen LogP contribution in [0.25, 0.3) is 0 Å². The molecule has 0 aromatic carbocycles. The lowest BCUT2D eigenvalue weighted by atomic mass is 10.0. The number of nitrogens with zero attached hydrogens (tertiary/aromatic N) is 2. The average molecular weight is 341 g/mol. The summed E-state index contributed by atoms with van der Waals surface area (Å²) in [5, 5.41) is 12.5. The monoisotopic (exact) mass is 341 g/mol. The Kier molecular flexibility index (Phi) is 4.90. The normalized spacial score (nSPS) is 19.6. The predicted octanol–water partition coefficient (Wildman–Crippen LogP) is 1.99. The van der Waals surface area contributed by atoms with Crippen molar-refractivity contribution < 1.29 is 13.2 Å². The SMILES string of the molecule is Cc1sc(NC(=O)[C@@H]2CCCCN2S(C)(=O)=O)c(C#N)c1C. The van der Waals surface area contributed by atoms with E-state index in [1.807, 2.05) is 13.8 Å². The van der Waals surface area contributed by atoms with Gasteiger partial charge in [0, 0.05) is 11.4 Å². The number of thiophene rings is 1. The van der Waals surface area contributed by atoms with Gasteiger partial charge in [-0.25, -0.2) is 8.42 Å². The highest BCUT2D eigenvalue weighted by Gasteiger charge is 2.35. The highest BCUT2D eigenvalue weighted by Crippen LogP contribution is 2.32. The molecule has 1 N–H and O–H groups in total. The van der Waals surface area contributed by atoms with Crippen LogP contribution in [0, 0.1) is 25.2 Å². The molecule has 2 heterocycles. The average Bonchev–Trinajstić information content (AvgIpc) is 2.72. The van der Waals surface area contributed by atoms with E-state index < -0.39 is 16.1 Å². The number of rotatable bonds is 3. The van der Waals surface area contributed by atoms with Crippen molar-refractivity contribution in [2.75, 3.05) is 18.1 Å². The molecule has 22 heavy (non-hydrogen) atoms. The first-order valence-corrected chi connectivity index (χ1v) is 9.70. The van der Waals surface area contributed by atoms with Gasteiger partial charge in [0.05, 0.1) is 11.8 Å². The molecule has 6 nitrogen and oxygen atoms in total.